The second-order valence-corrected chi connectivity index (χ2v) is 4.94. The maximum Gasteiger partial charge on any atom is 0.306 e. The second kappa shape index (κ2) is 5.50. The average molecular weight is 256 g/mol. The van der Waals surface area contributed by atoms with Gasteiger partial charge >= 0.3 is 5.97 Å². The van der Waals surface area contributed by atoms with Crippen LogP contribution in [-0.2, 0) is 23.1 Å². The summed E-state index contributed by atoms with van der Waals surface area (Å²) in [6.07, 6.45) is 1.37. The summed E-state index contributed by atoms with van der Waals surface area (Å²) in [5, 5.41) is 12.1. The molecule has 17 heavy (non-hydrogen) atoms. The van der Waals surface area contributed by atoms with Crippen LogP contribution >= 0.6 is 11.8 Å². The fourth-order valence-corrected chi connectivity index (χ4v) is 2.62. The van der Waals surface area contributed by atoms with Gasteiger partial charge in [-0.25, -0.2) is 0 Å². The molecule has 1 aromatic rings. The molecule has 0 aromatic carbocycles. The summed E-state index contributed by atoms with van der Waals surface area (Å²) in [4.78, 5) is 10.9. The first-order valence-electron chi connectivity index (χ1n) is 5.56. The van der Waals surface area contributed by atoms with Crippen LogP contribution in [0.4, 0.5) is 0 Å². The van der Waals surface area contributed by atoms with Crippen LogP contribution in [0, 0.1) is 0 Å². The molecule has 1 aliphatic rings. The third kappa shape index (κ3) is 2.98. The molecule has 1 aromatic heterocycles. The van der Waals surface area contributed by atoms with Crippen LogP contribution in [-0.4, -0.2) is 39.6 Å². The van der Waals surface area contributed by atoms with Crippen molar-refractivity contribution in [3.63, 3.8) is 0 Å². The van der Waals surface area contributed by atoms with Crippen molar-refractivity contribution in [3.8, 4) is 0 Å². The van der Waals surface area contributed by atoms with E-state index in [4.69, 9.17) is 4.74 Å². The molecule has 6 nitrogen and oxygen atoms in total. The molecule has 0 spiro atoms. The lowest BCUT2D eigenvalue weighted by Crippen LogP contribution is -2.12. The predicted molar refractivity (Wildman–Crippen MR) is 63.6 cm³/mol. The number of esters is 1. The van der Waals surface area contributed by atoms with Crippen LogP contribution in [0.5, 0.6) is 0 Å². The zero-order chi connectivity index (χ0) is 12.3. The van der Waals surface area contributed by atoms with E-state index in [-0.39, 0.29) is 12.1 Å². The molecule has 1 aliphatic heterocycles. The molecule has 1 unspecified atom stereocenters. The van der Waals surface area contributed by atoms with Crippen molar-refractivity contribution in [3.05, 3.63) is 5.82 Å². The van der Waals surface area contributed by atoms with Gasteiger partial charge in [-0.2, -0.15) is 0 Å². The van der Waals surface area contributed by atoms with Crippen molar-refractivity contribution in [1.29, 1.82) is 0 Å². The minimum atomic E-state index is -0.0931. The number of cyclic esters (lactones) is 1. The summed E-state index contributed by atoms with van der Waals surface area (Å²) in [7, 11) is 3.81. The van der Waals surface area contributed by atoms with Crippen LogP contribution in [0.3, 0.4) is 0 Å². The standard InChI is InChI=1S/C10H16N4O2S/c1-11-5-8-12-13-10(14(8)2)17-6-7-3-4-9(15)16-7/h7,11H,3-6H2,1-2H3. The Bertz CT molecular complexity index is 407. The Kier molecular flexibility index (Phi) is 4.01. The van der Waals surface area contributed by atoms with E-state index >= 15 is 0 Å². The van der Waals surface area contributed by atoms with Gasteiger partial charge in [-0.15, -0.1) is 10.2 Å². The largest absolute Gasteiger partial charge is 0.461 e. The Morgan fingerprint density at radius 1 is 1.59 bits per heavy atom. The van der Waals surface area contributed by atoms with Crippen molar-refractivity contribution in [2.45, 2.75) is 30.6 Å². The maximum atomic E-state index is 10.9. The summed E-state index contributed by atoms with van der Waals surface area (Å²) >= 11 is 1.58. The van der Waals surface area contributed by atoms with Crippen molar-refractivity contribution >= 4 is 17.7 Å². The minimum Gasteiger partial charge on any atom is -0.461 e. The lowest BCUT2D eigenvalue weighted by molar-refractivity contribution is -0.140. The SMILES string of the molecule is CNCc1nnc(SCC2CCC(=O)O2)n1C. The molecular weight excluding hydrogens is 240 g/mol. The van der Waals surface area contributed by atoms with Crippen molar-refractivity contribution in [2.24, 2.45) is 7.05 Å². The highest BCUT2D eigenvalue weighted by atomic mass is 32.2. The van der Waals surface area contributed by atoms with E-state index in [1.165, 1.54) is 0 Å². The molecule has 1 atom stereocenters. The summed E-state index contributed by atoms with van der Waals surface area (Å²) in [5.41, 5.74) is 0. The number of carbonyl (C=O) groups is 1. The van der Waals surface area contributed by atoms with Gasteiger partial charge < -0.3 is 14.6 Å². The molecule has 0 aliphatic carbocycles. The van der Waals surface area contributed by atoms with Crippen LogP contribution in [0.25, 0.3) is 0 Å². The first kappa shape index (κ1) is 12.4. The van der Waals surface area contributed by atoms with Crippen molar-refractivity contribution < 1.29 is 9.53 Å². The van der Waals surface area contributed by atoms with Crippen LogP contribution in [0.1, 0.15) is 18.7 Å². The highest BCUT2D eigenvalue weighted by Crippen LogP contribution is 2.23. The maximum absolute atomic E-state index is 10.9. The molecule has 0 amide bonds. The predicted octanol–water partition coefficient (Wildman–Crippen LogP) is 0.332. The topological polar surface area (TPSA) is 69.0 Å². The summed E-state index contributed by atoms with van der Waals surface area (Å²) in [6.45, 7) is 0.697. The summed E-state index contributed by atoms with van der Waals surface area (Å²) < 4.78 is 7.10. The van der Waals surface area contributed by atoms with E-state index in [2.05, 4.69) is 15.5 Å². The number of thioether (sulfide) groups is 1. The molecule has 1 saturated heterocycles. The van der Waals surface area contributed by atoms with Crippen LogP contribution in [0.15, 0.2) is 5.16 Å². The van der Waals surface area contributed by atoms with E-state index in [0.29, 0.717) is 13.0 Å². The number of rotatable bonds is 5. The fourth-order valence-electron chi connectivity index (χ4n) is 1.65. The molecular formula is C10H16N4O2S. The highest BCUT2D eigenvalue weighted by molar-refractivity contribution is 7.99. The van der Waals surface area contributed by atoms with Crippen LogP contribution < -0.4 is 5.32 Å². The number of hydrogen-bond acceptors (Lipinski definition) is 6. The van der Waals surface area contributed by atoms with Crippen molar-refractivity contribution in [1.82, 2.24) is 20.1 Å². The van der Waals surface area contributed by atoms with E-state index in [9.17, 15) is 4.79 Å². The number of nitrogens with zero attached hydrogens (tertiary/aromatic N) is 3. The molecule has 94 valence electrons. The van der Waals surface area contributed by atoms with Crippen LogP contribution in [0.2, 0.25) is 0 Å². The molecule has 7 heteroatoms. The number of hydrogen-bond donors (Lipinski definition) is 1. The van der Waals surface area contributed by atoms with E-state index in [1.54, 1.807) is 11.8 Å². The van der Waals surface area contributed by atoms with Gasteiger partial charge in [-0.1, -0.05) is 11.8 Å². The Morgan fingerprint density at radius 3 is 3.06 bits per heavy atom. The molecule has 1 fully saturated rings. The Hall–Kier alpha value is -1.08. The quantitative estimate of drug-likeness (QED) is 0.605. The normalized spacial score (nSPS) is 19.6. The molecule has 0 saturated carbocycles. The lowest BCUT2D eigenvalue weighted by atomic mass is 10.3. The number of ether oxygens (including phenoxy) is 1. The van der Waals surface area contributed by atoms with Crippen molar-refractivity contribution in [2.75, 3.05) is 12.8 Å². The lowest BCUT2D eigenvalue weighted by Gasteiger charge is -2.08. The monoisotopic (exact) mass is 256 g/mol. The molecule has 1 N–H and O–H groups in total. The molecule has 2 rings (SSSR count). The van der Waals surface area contributed by atoms with Gasteiger partial charge in [0.15, 0.2) is 5.16 Å². The minimum absolute atomic E-state index is 0.0250. The summed E-state index contributed by atoms with van der Waals surface area (Å²) in [5.74, 6) is 1.56. The fraction of sp³-hybridized carbons (Fsp3) is 0.700. The zero-order valence-electron chi connectivity index (χ0n) is 9.97. The first-order valence-corrected chi connectivity index (χ1v) is 6.54. The van der Waals surface area contributed by atoms with Gasteiger partial charge in [0.05, 0.1) is 6.54 Å². The third-order valence-corrected chi connectivity index (χ3v) is 3.78. The molecule has 2 heterocycles. The van der Waals surface area contributed by atoms with E-state index in [1.807, 2.05) is 18.7 Å². The average Bonchev–Trinajstić information content (AvgIpc) is 2.86. The number of aromatic nitrogens is 3. The van der Waals surface area contributed by atoms with E-state index in [0.717, 1.165) is 23.2 Å². The Morgan fingerprint density at radius 2 is 2.41 bits per heavy atom. The van der Waals surface area contributed by atoms with Gasteiger partial charge in [0.1, 0.15) is 11.9 Å². The number of carbonyl (C=O) groups excluding carboxylic acids is 1. The zero-order valence-corrected chi connectivity index (χ0v) is 10.8. The Balaban J connectivity index is 1.88. The van der Waals surface area contributed by atoms with Gasteiger partial charge in [0, 0.05) is 19.2 Å². The third-order valence-electron chi connectivity index (χ3n) is 2.63. The van der Waals surface area contributed by atoms with E-state index < -0.39 is 0 Å². The van der Waals surface area contributed by atoms with Gasteiger partial charge in [-0.3, -0.25) is 4.79 Å². The molecule has 0 radical (unpaired) electrons. The highest BCUT2D eigenvalue weighted by Gasteiger charge is 2.24. The van der Waals surface area contributed by atoms with Gasteiger partial charge in [-0.05, 0) is 13.5 Å². The first-order chi connectivity index (χ1) is 8.20. The smallest absolute Gasteiger partial charge is 0.306 e. The summed E-state index contributed by atoms with van der Waals surface area (Å²) in [6, 6.07) is 0. The second-order valence-electron chi connectivity index (χ2n) is 3.95. The van der Waals surface area contributed by atoms with Gasteiger partial charge in [0.25, 0.3) is 0 Å². The molecule has 0 bridgehead atoms. The van der Waals surface area contributed by atoms with Gasteiger partial charge in [0.2, 0.25) is 0 Å². The Labute approximate surface area is 104 Å². The number of nitrogens with one attached hydrogen (secondary N) is 1.